The first kappa shape index (κ1) is 13.8. The first-order chi connectivity index (χ1) is 11.3. The van der Waals surface area contributed by atoms with E-state index in [0.29, 0.717) is 0 Å². The monoisotopic (exact) mass is 320 g/mol. The third kappa shape index (κ3) is 2.66. The molecular formula is C18H16N4S. The Kier molecular flexibility index (Phi) is 3.48. The maximum atomic E-state index is 4.74. The Labute approximate surface area is 138 Å². The second-order valence-corrected chi connectivity index (χ2v) is 6.49. The van der Waals surface area contributed by atoms with Crippen LogP contribution in [0.25, 0.3) is 22.2 Å². The Hall–Kier alpha value is -2.79. The Morgan fingerprint density at radius 1 is 0.957 bits per heavy atom. The summed E-state index contributed by atoms with van der Waals surface area (Å²) in [5, 5.41) is 2.05. The number of rotatable bonds is 4. The molecule has 114 valence electrons. The molecule has 23 heavy (non-hydrogen) atoms. The smallest absolute Gasteiger partial charge is 0.202 e. The lowest BCUT2D eigenvalue weighted by atomic mass is 10.1. The van der Waals surface area contributed by atoms with Gasteiger partial charge in [-0.1, -0.05) is 36.4 Å². The van der Waals surface area contributed by atoms with Gasteiger partial charge in [-0.25, -0.2) is 4.98 Å². The van der Waals surface area contributed by atoms with Crippen molar-refractivity contribution in [1.82, 2.24) is 9.97 Å². The van der Waals surface area contributed by atoms with Gasteiger partial charge in [-0.05, 0) is 25.1 Å². The molecule has 0 aliphatic heterocycles. The van der Waals surface area contributed by atoms with Gasteiger partial charge in [-0.15, -0.1) is 11.3 Å². The van der Waals surface area contributed by atoms with Crippen LogP contribution in [0.15, 0.2) is 60.8 Å². The van der Waals surface area contributed by atoms with Crippen molar-refractivity contribution < 1.29 is 0 Å². The second-order valence-electron chi connectivity index (χ2n) is 5.29. The average Bonchev–Trinajstić information content (AvgIpc) is 3.17. The summed E-state index contributed by atoms with van der Waals surface area (Å²) < 4.78 is 0. The number of hydrazine groups is 1. The second kappa shape index (κ2) is 5.78. The van der Waals surface area contributed by atoms with Gasteiger partial charge in [0.2, 0.25) is 5.13 Å². The fraction of sp³-hybridized carbons (Fsp3) is 0.0556. The number of hydrogen-bond acceptors (Lipinski definition) is 4. The molecule has 0 bridgehead atoms. The first-order valence-corrected chi connectivity index (χ1v) is 8.24. The van der Waals surface area contributed by atoms with Crippen molar-refractivity contribution in [1.29, 1.82) is 0 Å². The van der Waals surface area contributed by atoms with E-state index in [1.165, 1.54) is 10.3 Å². The highest BCUT2D eigenvalue weighted by Crippen LogP contribution is 2.34. The number of aryl methyl sites for hydroxylation is 1. The topological polar surface area (TPSA) is 52.7 Å². The number of thiazole rings is 1. The van der Waals surface area contributed by atoms with Crippen LogP contribution < -0.4 is 10.9 Å². The highest BCUT2D eigenvalue weighted by atomic mass is 32.1. The molecule has 0 saturated carbocycles. The fourth-order valence-corrected chi connectivity index (χ4v) is 3.40. The zero-order valence-electron chi connectivity index (χ0n) is 12.6. The summed E-state index contributed by atoms with van der Waals surface area (Å²) in [4.78, 5) is 9.24. The molecule has 0 aliphatic carbocycles. The highest BCUT2D eigenvalue weighted by molar-refractivity contribution is 7.16. The minimum Gasteiger partial charge on any atom is -0.360 e. The van der Waals surface area contributed by atoms with Gasteiger partial charge >= 0.3 is 0 Å². The molecule has 0 radical (unpaired) electrons. The van der Waals surface area contributed by atoms with Gasteiger partial charge in [0.25, 0.3) is 0 Å². The van der Waals surface area contributed by atoms with E-state index >= 15 is 0 Å². The predicted octanol–water partition coefficient (Wildman–Crippen LogP) is 5.04. The number of para-hydroxylation sites is 2. The van der Waals surface area contributed by atoms with Gasteiger partial charge in [0, 0.05) is 27.5 Å². The summed E-state index contributed by atoms with van der Waals surface area (Å²) >= 11 is 1.64. The number of aromatic nitrogens is 2. The zero-order valence-corrected chi connectivity index (χ0v) is 13.4. The highest BCUT2D eigenvalue weighted by Gasteiger charge is 2.13. The van der Waals surface area contributed by atoms with Crippen molar-refractivity contribution in [2.24, 2.45) is 0 Å². The number of nitrogens with one attached hydrogen (secondary N) is 3. The van der Waals surface area contributed by atoms with Gasteiger partial charge in [0.15, 0.2) is 0 Å². The van der Waals surface area contributed by atoms with Crippen LogP contribution in [0.2, 0.25) is 0 Å². The Balaban J connectivity index is 1.62. The molecule has 4 nitrogen and oxygen atoms in total. The number of anilines is 2. The molecule has 0 aliphatic rings. The maximum Gasteiger partial charge on any atom is 0.202 e. The van der Waals surface area contributed by atoms with Gasteiger partial charge in [-0.3, -0.25) is 10.9 Å². The van der Waals surface area contributed by atoms with Crippen molar-refractivity contribution in [2.75, 3.05) is 10.9 Å². The van der Waals surface area contributed by atoms with Crippen LogP contribution in [0.3, 0.4) is 0 Å². The zero-order chi connectivity index (χ0) is 15.6. The van der Waals surface area contributed by atoms with E-state index in [9.17, 15) is 0 Å². The summed E-state index contributed by atoms with van der Waals surface area (Å²) in [7, 11) is 0. The number of hydrogen-bond donors (Lipinski definition) is 3. The van der Waals surface area contributed by atoms with Gasteiger partial charge in [0.05, 0.1) is 11.4 Å². The van der Waals surface area contributed by atoms with E-state index in [2.05, 4.69) is 41.0 Å². The Morgan fingerprint density at radius 3 is 2.61 bits per heavy atom. The normalized spacial score (nSPS) is 10.8. The van der Waals surface area contributed by atoms with Crippen molar-refractivity contribution in [3.8, 4) is 11.3 Å². The lowest BCUT2D eigenvalue weighted by Crippen LogP contribution is -2.07. The van der Waals surface area contributed by atoms with Crippen molar-refractivity contribution in [2.45, 2.75) is 6.92 Å². The van der Waals surface area contributed by atoms with Crippen LogP contribution in [-0.4, -0.2) is 9.97 Å². The molecule has 0 atom stereocenters. The van der Waals surface area contributed by atoms with Crippen molar-refractivity contribution >= 4 is 33.1 Å². The van der Waals surface area contributed by atoms with Crippen LogP contribution in [0.5, 0.6) is 0 Å². The average molecular weight is 320 g/mol. The summed E-state index contributed by atoms with van der Waals surface area (Å²) in [6.45, 7) is 2.10. The number of nitrogens with zero attached hydrogens (tertiary/aromatic N) is 1. The van der Waals surface area contributed by atoms with Gasteiger partial charge in [-0.2, -0.15) is 0 Å². The SMILES string of the molecule is Cc1sc(NNc2ccccc2)nc1-c1c[nH]c2ccccc12. The molecule has 0 fully saturated rings. The lowest BCUT2D eigenvalue weighted by Gasteiger charge is -2.05. The van der Waals surface area contributed by atoms with Crippen LogP contribution in [0.1, 0.15) is 4.88 Å². The molecule has 3 N–H and O–H groups in total. The first-order valence-electron chi connectivity index (χ1n) is 7.42. The Morgan fingerprint density at radius 2 is 1.74 bits per heavy atom. The molecule has 0 saturated heterocycles. The fourth-order valence-electron chi connectivity index (χ4n) is 2.61. The van der Waals surface area contributed by atoms with Gasteiger partial charge in [0.1, 0.15) is 0 Å². The molecule has 0 unspecified atom stereocenters. The maximum absolute atomic E-state index is 4.74. The molecule has 4 aromatic rings. The third-order valence-corrected chi connectivity index (χ3v) is 4.61. The predicted molar refractivity (Wildman–Crippen MR) is 97.8 cm³/mol. The van der Waals surface area contributed by atoms with Crippen LogP contribution in [0, 0.1) is 6.92 Å². The summed E-state index contributed by atoms with van der Waals surface area (Å²) in [5.41, 5.74) is 10.7. The van der Waals surface area contributed by atoms with E-state index in [1.54, 1.807) is 11.3 Å². The Bertz CT molecular complexity index is 940. The molecule has 0 spiro atoms. The van der Waals surface area contributed by atoms with E-state index in [4.69, 9.17) is 4.98 Å². The number of H-pyrrole nitrogens is 1. The third-order valence-electron chi connectivity index (χ3n) is 3.73. The minimum absolute atomic E-state index is 0.853. The lowest BCUT2D eigenvalue weighted by molar-refractivity contribution is 1.32. The van der Waals surface area contributed by atoms with Crippen LogP contribution >= 0.6 is 11.3 Å². The molecule has 5 heteroatoms. The van der Waals surface area contributed by atoms with E-state index in [0.717, 1.165) is 27.6 Å². The van der Waals surface area contributed by atoms with Crippen LogP contribution in [0.4, 0.5) is 10.8 Å². The molecular weight excluding hydrogens is 304 g/mol. The molecule has 4 rings (SSSR count). The summed E-state index contributed by atoms with van der Waals surface area (Å²) in [6, 6.07) is 18.3. The molecule has 2 aromatic heterocycles. The number of fused-ring (bicyclic) bond motifs is 1. The quantitative estimate of drug-likeness (QED) is 0.462. The molecule has 0 amide bonds. The van der Waals surface area contributed by atoms with E-state index in [-0.39, 0.29) is 0 Å². The van der Waals surface area contributed by atoms with E-state index < -0.39 is 0 Å². The molecule has 2 heterocycles. The largest absolute Gasteiger partial charge is 0.360 e. The summed E-state index contributed by atoms with van der Waals surface area (Å²) in [5.74, 6) is 0. The number of aromatic amines is 1. The van der Waals surface area contributed by atoms with Crippen molar-refractivity contribution in [3.05, 3.63) is 65.7 Å². The number of benzene rings is 2. The van der Waals surface area contributed by atoms with Crippen molar-refractivity contribution in [3.63, 3.8) is 0 Å². The van der Waals surface area contributed by atoms with Crippen LogP contribution in [-0.2, 0) is 0 Å². The summed E-state index contributed by atoms with van der Waals surface area (Å²) in [6.07, 6.45) is 2.03. The standard InChI is InChI=1S/C18H16N4S/c1-12-17(15-11-19-16-10-6-5-9-14(15)16)20-18(23-12)22-21-13-7-3-2-4-8-13/h2-11,19,21H,1H3,(H,20,22). The minimum atomic E-state index is 0.853. The van der Waals surface area contributed by atoms with E-state index in [1.807, 2.05) is 42.6 Å². The molecule has 2 aromatic carbocycles. The van der Waals surface area contributed by atoms with Gasteiger partial charge < -0.3 is 4.98 Å².